The molecule has 0 spiro atoms. The maximum atomic E-state index is 12.3. The highest BCUT2D eigenvalue weighted by atomic mass is 32.1. The summed E-state index contributed by atoms with van der Waals surface area (Å²) < 4.78 is 0. The minimum absolute atomic E-state index is 0.0360. The number of benzene rings is 1. The van der Waals surface area contributed by atoms with E-state index in [0.29, 0.717) is 16.1 Å². The zero-order chi connectivity index (χ0) is 18.5. The van der Waals surface area contributed by atoms with Crippen LogP contribution in [0.25, 0.3) is 0 Å². The fraction of sp³-hybridized carbons (Fsp3) is 0.105. The summed E-state index contributed by atoms with van der Waals surface area (Å²) in [5.74, 6) is -1.47. The van der Waals surface area contributed by atoms with Gasteiger partial charge in [-0.1, -0.05) is 18.2 Å². The molecule has 2 amide bonds. The molecule has 1 aromatic carbocycles. The summed E-state index contributed by atoms with van der Waals surface area (Å²) in [7, 11) is 0. The van der Waals surface area contributed by atoms with Crippen molar-refractivity contribution >= 4 is 46.0 Å². The summed E-state index contributed by atoms with van der Waals surface area (Å²) >= 11 is 2.78. The van der Waals surface area contributed by atoms with Crippen LogP contribution in [0, 0.1) is 6.92 Å². The smallest absolute Gasteiger partial charge is 0.313 e. The van der Waals surface area contributed by atoms with Crippen LogP contribution in [-0.2, 0) is 16.1 Å². The van der Waals surface area contributed by atoms with E-state index in [1.807, 2.05) is 24.4 Å². The lowest BCUT2D eigenvalue weighted by Gasteiger charge is -2.08. The van der Waals surface area contributed by atoms with Gasteiger partial charge in [-0.2, -0.15) is 11.3 Å². The Kier molecular flexibility index (Phi) is 5.60. The van der Waals surface area contributed by atoms with Gasteiger partial charge in [0.2, 0.25) is 5.78 Å². The van der Waals surface area contributed by atoms with Crippen molar-refractivity contribution < 1.29 is 14.4 Å². The fourth-order valence-corrected chi connectivity index (χ4v) is 3.82. The number of carbonyl (C=O) groups is 3. The Labute approximate surface area is 158 Å². The summed E-state index contributed by atoms with van der Waals surface area (Å²) in [5.41, 5.74) is 2.14. The number of hydrogen-bond acceptors (Lipinski definition) is 5. The van der Waals surface area contributed by atoms with Crippen molar-refractivity contribution in [3.8, 4) is 0 Å². The second-order valence-corrected chi connectivity index (χ2v) is 7.51. The molecule has 26 heavy (non-hydrogen) atoms. The second kappa shape index (κ2) is 8.07. The maximum Gasteiger partial charge on any atom is 0.313 e. The Bertz CT molecular complexity index is 945. The van der Waals surface area contributed by atoms with Crippen molar-refractivity contribution in [3.05, 3.63) is 74.1 Å². The van der Waals surface area contributed by atoms with Gasteiger partial charge < -0.3 is 10.6 Å². The van der Waals surface area contributed by atoms with Gasteiger partial charge in [0.15, 0.2) is 0 Å². The van der Waals surface area contributed by atoms with E-state index in [1.54, 1.807) is 35.7 Å². The Morgan fingerprint density at radius 2 is 1.81 bits per heavy atom. The van der Waals surface area contributed by atoms with E-state index >= 15 is 0 Å². The standard InChI is InChI=1S/C19H16N2O3S2/c1-12-4-2-3-5-15(12)21-19(24)18(23)20-10-14-6-7-16(26-14)17(22)13-8-9-25-11-13/h2-9,11H,10H2,1H3,(H,20,23)(H,21,24). The molecule has 0 fully saturated rings. The van der Waals surface area contributed by atoms with Gasteiger partial charge in [0.1, 0.15) is 0 Å². The summed E-state index contributed by atoms with van der Waals surface area (Å²) in [6.45, 7) is 2.05. The first-order valence-electron chi connectivity index (χ1n) is 7.85. The van der Waals surface area contributed by atoms with Gasteiger partial charge in [-0.3, -0.25) is 14.4 Å². The predicted molar refractivity (Wildman–Crippen MR) is 104 cm³/mol. The fourth-order valence-electron chi connectivity index (χ4n) is 2.27. The molecule has 2 aromatic heterocycles. The molecule has 3 rings (SSSR count). The first kappa shape index (κ1) is 18.0. The molecule has 0 saturated carbocycles. The minimum atomic E-state index is -0.717. The average Bonchev–Trinajstić information content (AvgIpc) is 3.33. The number of thiophene rings is 2. The molecule has 132 valence electrons. The van der Waals surface area contributed by atoms with Crippen molar-refractivity contribution in [2.45, 2.75) is 13.5 Å². The van der Waals surface area contributed by atoms with E-state index in [2.05, 4.69) is 10.6 Å². The monoisotopic (exact) mass is 384 g/mol. The van der Waals surface area contributed by atoms with Gasteiger partial charge in [-0.05, 0) is 42.1 Å². The van der Waals surface area contributed by atoms with E-state index in [4.69, 9.17) is 0 Å². The zero-order valence-corrected chi connectivity index (χ0v) is 15.6. The Morgan fingerprint density at radius 3 is 2.54 bits per heavy atom. The third-order valence-electron chi connectivity index (χ3n) is 3.69. The molecule has 5 nitrogen and oxygen atoms in total. The van der Waals surface area contributed by atoms with Crippen LogP contribution in [0.5, 0.6) is 0 Å². The Hall–Kier alpha value is -2.77. The molecule has 0 unspecified atom stereocenters. The summed E-state index contributed by atoms with van der Waals surface area (Å²) in [5, 5.41) is 8.82. The van der Waals surface area contributed by atoms with E-state index in [-0.39, 0.29) is 12.3 Å². The number of nitrogens with one attached hydrogen (secondary N) is 2. The van der Waals surface area contributed by atoms with Gasteiger partial charge in [0, 0.05) is 21.5 Å². The predicted octanol–water partition coefficient (Wildman–Crippen LogP) is 3.60. The second-order valence-electron chi connectivity index (χ2n) is 5.56. The number of para-hydroxylation sites is 1. The highest BCUT2D eigenvalue weighted by Gasteiger charge is 2.16. The Morgan fingerprint density at radius 1 is 1.00 bits per heavy atom. The maximum absolute atomic E-state index is 12.3. The molecule has 0 aliphatic rings. The van der Waals surface area contributed by atoms with Crippen molar-refractivity contribution in [1.29, 1.82) is 0 Å². The van der Waals surface area contributed by atoms with Gasteiger partial charge >= 0.3 is 11.8 Å². The van der Waals surface area contributed by atoms with Gasteiger partial charge in [-0.25, -0.2) is 0 Å². The summed E-state index contributed by atoms with van der Waals surface area (Å²) in [6.07, 6.45) is 0. The first-order chi connectivity index (χ1) is 12.5. The average molecular weight is 384 g/mol. The molecule has 2 heterocycles. The number of amides is 2. The molecule has 0 atom stereocenters. The molecular weight excluding hydrogens is 368 g/mol. The minimum Gasteiger partial charge on any atom is -0.343 e. The molecular formula is C19H16N2O3S2. The number of carbonyl (C=O) groups excluding carboxylic acids is 3. The SMILES string of the molecule is Cc1ccccc1NC(=O)C(=O)NCc1ccc(C(=O)c2ccsc2)s1. The van der Waals surface area contributed by atoms with Crippen LogP contribution in [0.2, 0.25) is 0 Å². The van der Waals surface area contributed by atoms with Gasteiger partial charge in [-0.15, -0.1) is 11.3 Å². The molecule has 2 N–H and O–H groups in total. The largest absolute Gasteiger partial charge is 0.343 e. The van der Waals surface area contributed by atoms with E-state index in [0.717, 1.165) is 10.4 Å². The third kappa shape index (κ3) is 4.25. The van der Waals surface area contributed by atoms with Crippen molar-refractivity contribution in [1.82, 2.24) is 5.32 Å². The number of rotatable bonds is 5. The molecule has 3 aromatic rings. The van der Waals surface area contributed by atoms with E-state index in [1.165, 1.54) is 22.7 Å². The first-order valence-corrected chi connectivity index (χ1v) is 9.61. The van der Waals surface area contributed by atoms with Crippen LogP contribution in [0.3, 0.4) is 0 Å². The molecule has 0 aliphatic carbocycles. The number of aryl methyl sites for hydroxylation is 1. The van der Waals surface area contributed by atoms with Gasteiger partial charge in [0.05, 0.1) is 11.4 Å². The molecule has 0 aliphatic heterocycles. The quantitative estimate of drug-likeness (QED) is 0.521. The van der Waals surface area contributed by atoms with Crippen LogP contribution in [0.1, 0.15) is 25.7 Å². The number of anilines is 1. The highest BCUT2D eigenvalue weighted by Crippen LogP contribution is 2.21. The number of hydrogen-bond donors (Lipinski definition) is 2. The molecule has 0 bridgehead atoms. The lowest BCUT2D eigenvalue weighted by Crippen LogP contribution is -2.34. The van der Waals surface area contributed by atoms with Crippen LogP contribution in [-0.4, -0.2) is 17.6 Å². The van der Waals surface area contributed by atoms with E-state index in [9.17, 15) is 14.4 Å². The Balaban J connectivity index is 1.55. The number of ketones is 1. The highest BCUT2D eigenvalue weighted by molar-refractivity contribution is 7.14. The van der Waals surface area contributed by atoms with Crippen molar-refractivity contribution in [2.75, 3.05) is 5.32 Å². The summed E-state index contributed by atoms with van der Waals surface area (Å²) in [4.78, 5) is 37.6. The van der Waals surface area contributed by atoms with Crippen LogP contribution in [0.4, 0.5) is 5.69 Å². The van der Waals surface area contributed by atoms with Gasteiger partial charge in [0.25, 0.3) is 0 Å². The zero-order valence-electron chi connectivity index (χ0n) is 13.9. The molecule has 0 radical (unpaired) electrons. The lowest BCUT2D eigenvalue weighted by atomic mass is 10.2. The summed E-state index contributed by atoms with van der Waals surface area (Å²) in [6, 6.07) is 12.5. The lowest BCUT2D eigenvalue weighted by molar-refractivity contribution is -0.136. The molecule has 0 saturated heterocycles. The van der Waals surface area contributed by atoms with Crippen molar-refractivity contribution in [2.24, 2.45) is 0 Å². The molecule has 7 heteroatoms. The van der Waals surface area contributed by atoms with Crippen molar-refractivity contribution in [3.63, 3.8) is 0 Å². The topological polar surface area (TPSA) is 75.3 Å². The van der Waals surface area contributed by atoms with E-state index < -0.39 is 11.8 Å². The van der Waals surface area contributed by atoms with Crippen LogP contribution >= 0.6 is 22.7 Å². The third-order valence-corrected chi connectivity index (χ3v) is 5.46. The van der Waals surface area contributed by atoms with Crippen LogP contribution < -0.4 is 10.6 Å². The normalized spacial score (nSPS) is 10.3. The van der Waals surface area contributed by atoms with Crippen LogP contribution in [0.15, 0.2) is 53.2 Å².